The molecule has 4 rings (SSSR count). The molecule has 1 saturated carbocycles. The standard InChI is InChI=1S/C18H26N6/c1-23-11-5-6-13-7-8-14(12-15(13)23)24-17(20)21-16(19)22-18(24)9-3-2-4-10-18/h7-8,12H,2-6,9-11H2,1H3,(H4,19,20,21,22). The Hall–Kier alpha value is -2.24. The van der Waals surface area contributed by atoms with Crippen LogP contribution in [0.2, 0.25) is 0 Å². The Morgan fingerprint density at radius 1 is 1.08 bits per heavy atom. The number of nitrogens with two attached hydrogens (primary N) is 2. The average molecular weight is 326 g/mol. The minimum Gasteiger partial charge on any atom is -0.374 e. The molecule has 24 heavy (non-hydrogen) atoms. The molecule has 0 atom stereocenters. The molecule has 0 saturated heterocycles. The SMILES string of the molecule is CN1CCCc2ccc(N3C(N)=NC(N)=NC34CCCCC4)cc21. The largest absolute Gasteiger partial charge is 0.374 e. The lowest BCUT2D eigenvalue weighted by molar-refractivity contribution is 0.305. The molecule has 6 heteroatoms. The monoisotopic (exact) mass is 326 g/mol. The van der Waals surface area contributed by atoms with E-state index in [2.05, 4.69) is 40.0 Å². The minimum absolute atomic E-state index is 0.306. The molecule has 0 aromatic heterocycles. The average Bonchev–Trinajstić information content (AvgIpc) is 2.55. The van der Waals surface area contributed by atoms with Crippen molar-refractivity contribution in [1.29, 1.82) is 0 Å². The van der Waals surface area contributed by atoms with Crippen molar-refractivity contribution in [3.63, 3.8) is 0 Å². The minimum atomic E-state index is -0.365. The van der Waals surface area contributed by atoms with Crippen LogP contribution in [0.4, 0.5) is 11.4 Å². The number of rotatable bonds is 1. The fourth-order valence-electron chi connectivity index (χ4n) is 4.38. The molecule has 6 nitrogen and oxygen atoms in total. The topological polar surface area (TPSA) is 83.2 Å². The van der Waals surface area contributed by atoms with Crippen molar-refractivity contribution in [2.75, 3.05) is 23.4 Å². The van der Waals surface area contributed by atoms with Crippen LogP contribution in [0.3, 0.4) is 0 Å². The summed E-state index contributed by atoms with van der Waals surface area (Å²) in [6.45, 7) is 1.09. The molecule has 1 aliphatic carbocycles. The normalized spacial score (nSPS) is 22.9. The van der Waals surface area contributed by atoms with E-state index in [1.807, 2.05) is 0 Å². The second-order valence-corrected chi connectivity index (χ2v) is 7.16. The maximum absolute atomic E-state index is 6.32. The number of guanidine groups is 2. The fourth-order valence-corrected chi connectivity index (χ4v) is 4.38. The highest BCUT2D eigenvalue weighted by Crippen LogP contribution is 2.41. The van der Waals surface area contributed by atoms with Gasteiger partial charge in [0.2, 0.25) is 11.9 Å². The number of aliphatic imine (C=N–C) groups is 2. The highest BCUT2D eigenvalue weighted by Gasteiger charge is 2.42. The van der Waals surface area contributed by atoms with Gasteiger partial charge in [0.1, 0.15) is 5.66 Å². The molecule has 0 unspecified atom stereocenters. The third kappa shape index (κ3) is 2.41. The van der Waals surface area contributed by atoms with Gasteiger partial charge in [-0.15, -0.1) is 0 Å². The molecule has 2 aliphatic heterocycles. The predicted octanol–water partition coefficient (Wildman–Crippen LogP) is 2.18. The first-order valence-corrected chi connectivity index (χ1v) is 8.93. The highest BCUT2D eigenvalue weighted by atomic mass is 15.4. The van der Waals surface area contributed by atoms with E-state index in [4.69, 9.17) is 16.5 Å². The van der Waals surface area contributed by atoms with E-state index in [0.717, 1.165) is 44.3 Å². The van der Waals surface area contributed by atoms with Gasteiger partial charge < -0.3 is 16.4 Å². The Kier molecular flexibility index (Phi) is 3.62. The Morgan fingerprint density at radius 2 is 1.88 bits per heavy atom. The summed E-state index contributed by atoms with van der Waals surface area (Å²) < 4.78 is 0. The van der Waals surface area contributed by atoms with Gasteiger partial charge in [-0.05, 0) is 56.2 Å². The lowest BCUT2D eigenvalue weighted by Crippen LogP contribution is -2.58. The number of benzene rings is 1. The van der Waals surface area contributed by atoms with Gasteiger partial charge in [0.25, 0.3) is 0 Å². The van der Waals surface area contributed by atoms with Gasteiger partial charge in [-0.1, -0.05) is 12.5 Å². The van der Waals surface area contributed by atoms with E-state index >= 15 is 0 Å². The molecule has 0 radical (unpaired) electrons. The molecular weight excluding hydrogens is 300 g/mol. The summed E-state index contributed by atoms with van der Waals surface area (Å²) in [4.78, 5) is 13.4. The van der Waals surface area contributed by atoms with Crippen LogP contribution in [-0.4, -0.2) is 31.2 Å². The molecule has 1 aromatic carbocycles. The summed E-state index contributed by atoms with van der Waals surface area (Å²) in [7, 11) is 2.15. The number of hydrogen-bond acceptors (Lipinski definition) is 6. The van der Waals surface area contributed by atoms with E-state index in [-0.39, 0.29) is 5.66 Å². The second-order valence-electron chi connectivity index (χ2n) is 7.16. The van der Waals surface area contributed by atoms with Crippen LogP contribution in [0.15, 0.2) is 28.2 Å². The fraction of sp³-hybridized carbons (Fsp3) is 0.556. The van der Waals surface area contributed by atoms with Crippen LogP contribution in [0, 0.1) is 0 Å². The summed E-state index contributed by atoms with van der Waals surface area (Å²) in [5.74, 6) is 0.767. The highest BCUT2D eigenvalue weighted by molar-refractivity contribution is 6.05. The van der Waals surface area contributed by atoms with Crippen LogP contribution in [0.1, 0.15) is 44.1 Å². The molecular formula is C18H26N6. The molecule has 3 aliphatic rings. The van der Waals surface area contributed by atoms with Crippen LogP contribution in [-0.2, 0) is 6.42 Å². The van der Waals surface area contributed by atoms with Crippen molar-refractivity contribution in [2.45, 2.75) is 50.6 Å². The number of hydrogen-bond donors (Lipinski definition) is 2. The van der Waals surface area contributed by atoms with Crippen LogP contribution in [0.5, 0.6) is 0 Å². The number of aryl methyl sites for hydroxylation is 1. The van der Waals surface area contributed by atoms with Crippen molar-refractivity contribution in [1.82, 2.24) is 0 Å². The summed E-state index contributed by atoms with van der Waals surface area (Å²) in [6.07, 6.45) is 7.82. The van der Waals surface area contributed by atoms with E-state index in [9.17, 15) is 0 Å². The Labute approximate surface area is 143 Å². The van der Waals surface area contributed by atoms with E-state index in [1.54, 1.807) is 0 Å². The van der Waals surface area contributed by atoms with Crippen molar-refractivity contribution >= 4 is 23.3 Å². The zero-order valence-electron chi connectivity index (χ0n) is 14.3. The first kappa shape index (κ1) is 15.3. The van der Waals surface area contributed by atoms with E-state index in [1.165, 1.54) is 24.1 Å². The smallest absolute Gasteiger partial charge is 0.220 e. The van der Waals surface area contributed by atoms with Crippen LogP contribution < -0.4 is 21.3 Å². The quantitative estimate of drug-likeness (QED) is 0.828. The predicted molar refractivity (Wildman–Crippen MR) is 99.6 cm³/mol. The first-order valence-electron chi connectivity index (χ1n) is 8.93. The summed E-state index contributed by atoms with van der Waals surface area (Å²) in [6, 6.07) is 6.63. The molecule has 2 heterocycles. The van der Waals surface area contributed by atoms with Gasteiger partial charge in [-0.3, -0.25) is 4.90 Å². The molecule has 0 amide bonds. The third-order valence-electron chi connectivity index (χ3n) is 5.53. The number of anilines is 2. The molecule has 1 fully saturated rings. The van der Waals surface area contributed by atoms with E-state index < -0.39 is 0 Å². The van der Waals surface area contributed by atoms with Crippen molar-refractivity contribution in [3.05, 3.63) is 23.8 Å². The summed E-state index contributed by atoms with van der Waals surface area (Å²) in [5.41, 5.74) is 15.7. The zero-order chi connectivity index (χ0) is 16.7. The van der Waals surface area contributed by atoms with Gasteiger partial charge in [0.15, 0.2) is 0 Å². The summed E-state index contributed by atoms with van der Waals surface area (Å²) in [5, 5.41) is 0. The molecule has 4 N–H and O–H groups in total. The van der Waals surface area contributed by atoms with Crippen LogP contribution >= 0.6 is 0 Å². The van der Waals surface area contributed by atoms with Gasteiger partial charge in [-0.2, -0.15) is 4.99 Å². The third-order valence-corrected chi connectivity index (χ3v) is 5.53. The molecule has 128 valence electrons. The molecule has 1 aromatic rings. The van der Waals surface area contributed by atoms with Gasteiger partial charge in [0, 0.05) is 25.0 Å². The van der Waals surface area contributed by atoms with Crippen LogP contribution in [0.25, 0.3) is 0 Å². The Balaban J connectivity index is 1.79. The van der Waals surface area contributed by atoms with E-state index in [0.29, 0.717) is 11.9 Å². The first-order chi connectivity index (χ1) is 11.6. The maximum Gasteiger partial charge on any atom is 0.220 e. The van der Waals surface area contributed by atoms with Crippen molar-refractivity contribution < 1.29 is 0 Å². The van der Waals surface area contributed by atoms with Gasteiger partial charge in [0.05, 0.1) is 0 Å². The lowest BCUT2D eigenvalue weighted by atomic mass is 9.87. The number of fused-ring (bicyclic) bond motifs is 1. The van der Waals surface area contributed by atoms with Crippen molar-refractivity contribution in [3.8, 4) is 0 Å². The maximum atomic E-state index is 6.32. The summed E-state index contributed by atoms with van der Waals surface area (Å²) >= 11 is 0. The number of nitrogens with zero attached hydrogens (tertiary/aromatic N) is 4. The molecule has 0 bridgehead atoms. The van der Waals surface area contributed by atoms with Gasteiger partial charge >= 0.3 is 0 Å². The second kappa shape index (κ2) is 5.69. The zero-order valence-corrected chi connectivity index (χ0v) is 14.3. The Bertz CT molecular complexity index is 701. The van der Waals surface area contributed by atoms with Gasteiger partial charge in [-0.25, -0.2) is 4.99 Å². The lowest BCUT2D eigenvalue weighted by Gasteiger charge is -2.46. The van der Waals surface area contributed by atoms with Crippen molar-refractivity contribution in [2.24, 2.45) is 21.5 Å². The molecule has 1 spiro atoms. The Morgan fingerprint density at radius 3 is 2.67 bits per heavy atom.